The SMILES string of the molecule is CC/C(C)=C/C(=O)Nc1cccc(NC(=O)CNC(=O)OC(C)(C)C)c1. The van der Waals surface area contributed by atoms with E-state index in [2.05, 4.69) is 16.0 Å². The van der Waals surface area contributed by atoms with E-state index < -0.39 is 17.6 Å². The van der Waals surface area contributed by atoms with Crippen molar-refractivity contribution in [2.24, 2.45) is 0 Å². The minimum atomic E-state index is -0.660. The van der Waals surface area contributed by atoms with Gasteiger partial charge < -0.3 is 20.7 Å². The molecule has 0 aliphatic heterocycles. The summed E-state index contributed by atoms with van der Waals surface area (Å²) in [5, 5.41) is 7.77. The Kier molecular flexibility index (Phi) is 7.83. The molecule has 142 valence electrons. The highest BCUT2D eigenvalue weighted by Gasteiger charge is 2.16. The molecule has 7 nitrogen and oxygen atoms in total. The van der Waals surface area contributed by atoms with Crippen LogP contribution in [0.15, 0.2) is 35.9 Å². The highest BCUT2D eigenvalue weighted by molar-refractivity contribution is 6.00. The summed E-state index contributed by atoms with van der Waals surface area (Å²) in [5.74, 6) is -0.625. The molecule has 7 heteroatoms. The number of benzene rings is 1. The van der Waals surface area contributed by atoms with Crippen molar-refractivity contribution in [3.05, 3.63) is 35.9 Å². The maximum Gasteiger partial charge on any atom is 0.408 e. The van der Waals surface area contributed by atoms with Crippen LogP contribution >= 0.6 is 0 Å². The fraction of sp³-hybridized carbons (Fsp3) is 0.421. The van der Waals surface area contributed by atoms with E-state index in [0.29, 0.717) is 11.4 Å². The van der Waals surface area contributed by atoms with Gasteiger partial charge in [0.15, 0.2) is 0 Å². The molecule has 0 spiro atoms. The molecule has 1 rings (SSSR count). The van der Waals surface area contributed by atoms with Gasteiger partial charge in [0, 0.05) is 17.5 Å². The number of amides is 3. The van der Waals surface area contributed by atoms with Gasteiger partial charge in [-0.05, 0) is 52.3 Å². The molecule has 1 aromatic carbocycles. The zero-order valence-electron chi connectivity index (χ0n) is 15.9. The maximum atomic E-state index is 11.9. The first-order valence-corrected chi connectivity index (χ1v) is 8.44. The summed E-state index contributed by atoms with van der Waals surface area (Å²) < 4.78 is 5.06. The summed E-state index contributed by atoms with van der Waals surface area (Å²) in [7, 11) is 0. The van der Waals surface area contributed by atoms with Crippen LogP contribution in [0, 0.1) is 0 Å². The van der Waals surface area contributed by atoms with Gasteiger partial charge >= 0.3 is 6.09 Å². The number of ether oxygens (including phenoxy) is 1. The standard InChI is InChI=1S/C19H27N3O4/c1-6-13(2)10-16(23)21-14-8-7-9-15(11-14)22-17(24)12-20-18(25)26-19(3,4)5/h7-11H,6,12H2,1-5H3,(H,20,25)(H,21,23)(H,22,24)/b13-10+. The summed E-state index contributed by atoms with van der Waals surface area (Å²) in [5.41, 5.74) is 1.42. The quantitative estimate of drug-likeness (QED) is 0.676. The molecule has 0 unspecified atom stereocenters. The Bertz CT molecular complexity index is 690. The second-order valence-corrected chi connectivity index (χ2v) is 6.82. The largest absolute Gasteiger partial charge is 0.444 e. The van der Waals surface area contributed by atoms with Crippen molar-refractivity contribution < 1.29 is 19.1 Å². The van der Waals surface area contributed by atoms with Crippen molar-refractivity contribution >= 4 is 29.3 Å². The average molecular weight is 361 g/mol. The molecular weight excluding hydrogens is 334 g/mol. The fourth-order valence-corrected chi connectivity index (χ4v) is 1.85. The first-order valence-electron chi connectivity index (χ1n) is 8.44. The third kappa shape index (κ3) is 8.86. The lowest BCUT2D eigenvalue weighted by atomic mass is 10.2. The molecule has 0 aliphatic carbocycles. The molecule has 0 bridgehead atoms. The summed E-state index contributed by atoms with van der Waals surface area (Å²) in [6.07, 6.45) is 1.68. The summed E-state index contributed by atoms with van der Waals surface area (Å²) in [6, 6.07) is 6.76. The number of hydrogen-bond donors (Lipinski definition) is 3. The van der Waals surface area contributed by atoms with E-state index in [1.165, 1.54) is 6.08 Å². The number of hydrogen-bond acceptors (Lipinski definition) is 4. The monoisotopic (exact) mass is 361 g/mol. The van der Waals surface area contributed by atoms with E-state index in [-0.39, 0.29) is 12.5 Å². The number of rotatable bonds is 6. The maximum absolute atomic E-state index is 11.9. The van der Waals surface area contributed by atoms with Crippen LogP contribution in [0.1, 0.15) is 41.0 Å². The van der Waals surface area contributed by atoms with E-state index in [4.69, 9.17) is 4.74 Å². The molecule has 0 saturated carbocycles. The second kappa shape index (κ2) is 9.60. The predicted octanol–water partition coefficient (Wildman–Crippen LogP) is 3.44. The first kappa shape index (κ1) is 21.2. The van der Waals surface area contributed by atoms with Gasteiger partial charge in [-0.2, -0.15) is 0 Å². The highest BCUT2D eigenvalue weighted by atomic mass is 16.6. The Morgan fingerprint density at radius 3 is 2.31 bits per heavy atom. The lowest BCUT2D eigenvalue weighted by Crippen LogP contribution is -2.37. The van der Waals surface area contributed by atoms with Crippen LogP contribution in [0.5, 0.6) is 0 Å². The lowest BCUT2D eigenvalue weighted by molar-refractivity contribution is -0.115. The van der Waals surface area contributed by atoms with Crippen molar-refractivity contribution in [3.8, 4) is 0 Å². The van der Waals surface area contributed by atoms with Crippen LogP contribution in [0.2, 0.25) is 0 Å². The van der Waals surface area contributed by atoms with Crippen LogP contribution in [-0.2, 0) is 14.3 Å². The fourth-order valence-electron chi connectivity index (χ4n) is 1.85. The molecule has 0 heterocycles. The second-order valence-electron chi connectivity index (χ2n) is 6.82. The smallest absolute Gasteiger partial charge is 0.408 e. The minimum Gasteiger partial charge on any atom is -0.444 e. The van der Waals surface area contributed by atoms with Crippen molar-refractivity contribution in [3.63, 3.8) is 0 Å². The number of carbonyl (C=O) groups is 3. The molecular formula is C19H27N3O4. The molecule has 3 amide bonds. The molecule has 3 N–H and O–H groups in total. The minimum absolute atomic E-state index is 0.218. The van der Waals surface area contributed by atoms with Gasteiger partial charge in [-0.3, -0.25) is 9.59 Å². The molecule has 26 heavy (non-hydrogen) atoms. The number of nitrogens with one attached hydrogen (secondary N) is 3. The summed E-state index contributed by atoms with van der Waals surface area (Å²) in [6.45, 7) is 8.86. The van der Waals surface area contributed by atoms with Crippen LogP contribution < -0.4 is 16.0 Å². The van der Waals surface area contributed by atoms with Crippen LogP contribution in [0.4, 0.5) is 16.2 Å². The number of allylic oxidation sites excluding steroid dienone is 1. The lowest BCUT2D eigenvalue weighted by Gasteiger charge is -2.19. The van der Waals surface area contributed by atoms with Gasteiger partial charge in [0.25, 0.3) is 0 Å². The predicted molar refractivity (Wildman–Crippen MR) is 102 cm³/mol. The Balaban J connectivity index is 2.56. The third-order valence-electron chi connectivity index (χ3n) is 3.14. The molecule has 0 saturated heterocycles. The summed E-state index contributed by atoms with van der Waals surface area (Å²) in [4.78, 5) is 35.3. The van der Waals surface area contributed by atoms with E-state index in [9.17, 15) is 14.4 Å². The van der Waals surface area contributed by atoms with E-state index >= 15 is 0 Å². The van der Waals surface area contributed by atoms with Gasteiger partial charge in [-0.15, -0.1) is 0 Å². The van der Waals surface area contributed by atoms with Crippen molar-refractivity contribution in [2.75, 3.05) is 17.2 Å². The molecule has 0 fully saturated rings. The first-order chi connectivity index (χ1) is 12.1. The molecule has 0 atom stereocenters. The molecule has 0 radical (unpaired) electrons. The van der Waals surface area contributed by atoms with E-state index in [1.54, 1.807) is 45.0 Å². The van der Waals surface area contributed by atoms with Gasteiger partial charge in [0.05, 0.1) is 0 Å². The van der Waals surface area contributed by atoms with Crippen molar-refractivity contribution in [2.45, 2.75) is 46.6 Å². The molecule has 1 aromatic rings. The molecule has 0 aliphatic rings. The highest BCUT2D eigenvalue weighted by Crippen LogP contribution is 2.15. The van der Waals surface area contributed by atoms with Gasteiger partial charge in [0.2, 0.25) is 11.8 Å². The number of anilines is 2. The van der Waals surface area contributed by atoms with E-state index in [1.807, 2.05) is 13.8 Å². The van der Waals surface area contributed by atoms with Crippen molar-refractivity contribution in [1.29, 1.82) is 0 Å². The normalized spacial score (nSPS) is 11.5. The summed E-state index contributed by atoms with van der Waals surface area (Å²) >= 11 is 0. The number of alkyl carbamates (subject to hydrolysis) is 1. The van der Waals surface area contributed by atoms with Gasteiger partial charge in [0.1, 0.15) is 12.1 Å². The van der Waals surface area contributed by atoms with Gasteiger partial charge in [-0.25, -0.2) is 4.79 Å². The van der Waals surface area contributed by atoms with Gasteiger partial charge in [-0.1, -0.05) is 18.6 Å². The Labute approximate surface area is 154 Å². The van der Waals surface area contributed by atoms with Crippen LogP contribution in [0.25, 0.3) is 0 Å². The van der Waals surface area contributed by atoms with Crippen molar-refractivity contribution in [1.82, 2.24) is 5.32 Å². The number of carbonyl (C=O) groups excluding carboxylic acids is 3. The van der Waals surface area contributed by atoms with E-state index in [0.717, 1.165) is 12.0 Å². The zero-order chi connectivity index (χ0) is 19.7. The molecule has 0 aromatic heterocycles. The zero-order valence-corrected chi connectivity index (χ0v) is 15.9. The third-order valence-corrected chi connectivity index (χ3v) is 3.14. The average Bonchev–Trinajstić information content (AvgIpc) is 2.51. The van der Waals surface area contributed by atoms with Crippen LogP contribution in [-0.4, -0.2) is 30.1 Å². The Morgan fingerprint density at radius 2 is 1.73 bits per heavy atom. The Morgan fingerprint density at radius 1 is 1.12 bits per heavy atom. The van der Waals surface area contributed by atoms with Crippen LogP contribution in [0.3, 0.4) is 0 Å². The topological polar surface area (TPSA) is 96.5 Å². The Hall–Kier alpha value is -2.83.